The number of rotatable bonds is 1. The minimum absolute atomic E-state index is 1.67. The molecule has 0 saturated carbocycles. The second-order valence-corrected chi connectivity index (χ2v) is 0.609. The van der Waals surface area contributed by atoms with E-state index in [-0.39, 0.29) is 0 Å². The second-order valence-electron chi connectivity index (χ2n) is 0.427. The van der Waals surface area contributed by atoms with E-state index in [1.807, 2.05) is 0 Å². The van der Waals surface area contributed by atoms with Crippen LogP contribution in [0.4, 0.5) is 0 Å². The third-order valence-corrected chi connectivity index (χ3v) is 0.249. The van der Waals surface area contributed by atoms with Gasteiger partial charge in [-0.05, 0) is 12.2 Å². The van der Waals surface area contributed by atoms with E-state index in [1.54, 1.807) is 7.05 Å². The number of hydrazone groups is 1. The van der Waals surface area contributed by atoms with E-state index in [1.165, 1.54) is 0 Å². The van der Waals surface area contributed by atoms with Gasteiger partial charge < -0.3 is 5.43 Å². The fraction of sp³-hybridized carbons (Fsp3) is 0.500. The van der Waals surface area contributed by atoms with Gasteiger partial charge in [-0.1, -0.05) is 0 Å². The summed E-state index contributed by atoms with van der Waals surface area (Å²) in [4.78, 5) is 0. The maximum atomic E-state index is 4.17. The van der Waals surface area contributed by atoms with Crippen LogP contribution in [0.25, 0.3) is 0 Å². The zero-order chi connectivity index (χ0) is 4.12. The molecule has 2 nitrogen and oxygen atoms in total. The predicted molar refractivity (Wildman–Crippen MR) is 24.1 cm³/mol. The number of thiocarbonyl (C=S) groups is 1. The summed E-state index contributed by atoms with van der Waals surface area (Å²) < 4.78 is 0. The lowest BCUT2D eigenvalue weighted by atomic mass is 11.5. The topological polar surface area (TPSA) is 24.4 Å². The number of hydrogen-bond donors (Lipinski definition) is 1. The molecule has 0 amide bonds. The summed E-state index contributed by atoms with van der Waals surface area (Å²) in [5.41, 5.74) is 2.43. The summed E-state index contributed by atoms with van der Waals surface area (Å²) in [6.07, 6.45) is 0. The molecule has 0 unspecified atom stereocenters. The molecular formula is C2H4N2S. The lowest BCUT2D eigenvalue weighted by Gasteiger charge is -1.70. The van der Waals surface area contributed by atoms with Crippen LogP contribution in [0.5, 0.6) is 0 Å². The fourth-order valence-corrected chi connectivity index (χ4v) is 0.137. The molecule has 0 rings (SSSR count). The van der Waals surface area contributed by atoms with Crippen molar-refractivity contribution in [2.75, 3.05) is 7.05 Å². The molecule has 0 aliphatic heterocycles. The molecule has 3 heteroatoms. The van der Waals surface area contributed by atoms with Gasteiger partial charge in [0.25, 0.3) is 0 Å². The molecular weight excluding hydrogens is 84.1 g/mol. The minimum atomic E-state index is 1.67. The van der Waals surface area contributed by atoms with Gasteiger partial charge in [0.2, 0.25) is 0 Å². The normalized spacial score (nSPS) is 5.00. The lowest BCUT2D eigenvalue weighted by molar-refractivity contribution is 0.912. The second kappa shape index (κ2) is 3.60. The van der Waals surface area contributed by atoms with Gasteiger partial charge in [-0.2, -0.15) is 0 Å². The number of nitrogens with zero attached hydrogens (tertiary/aromatic N) is 1. The van der Waals surface area contributed by atoms with Crippen molar-refractivity contribution >= 4 is 17.4 Å². The molecule has 0 saturated heterocycles. The van der Waals surface area contributed by atoms with Crippen LogP contribution >= 0.6 is 12.2 Å². The molecule has 0 aromatic carbocycles. The first kappa shape index (κ1) is 4.60. The van der Waals surface area contributed by atoms with Crippen molar-refractivity contribution in [3.8, 4) is 0 Å². The summed E-state index contributed by atoms with van der Waals surface area (Å²) in [6, 6.07) is 0. The van der Waals surface area contributed by atoms with Crippen molar-refractivity contribution < 1.29 is 0 Å². The lowest BCUT2D eigenvalue weighted by Crippen LogP contribution is -1.89. The first-order valence-electron chi connectivity index (χ1n) is 1.15. The Morgan fingerprint density at radius 3 is 2.60 bits per heavy atom. The van der Waals surface area contributed by atoms with Crippen molar-refractivity contribution in [2.24, 2.45) is 5.10 Å². The van der Waals surface area contributed by atoms with Gasteiger partial charge in [-0.15, -0.1) is 5.10 Å². The predicted octanol–water partition coefficient (Wildman–Crippen LogP) is 0.224. The molecule has 0 bridgehead atoms. The Kier molecular flexibility index (Phi) is 3.31. The molecule has 5 heavy (non-hydrogen) atoms. The van der Waals surface area contributed by atoms with Crippen molar-refractivity contribution in [2.45, 2.75) is 0 Å². The van der Waals surface area contributed by atoms with E-state index in [0.717, 1.165) is 0 Å². The van der Waals surface area contributed by atoms with Crippen molar-refractivity contribution in [3.05, 3.63) is 0 Å². The Morgan fingerprint density at radius 1 is 2.00 bits per heavy atom. The maximum Gasteiger partial charge on any atom is 0.0843 e. The number of nitrogens with one attached hydrogen (secondary N) is 1. The van der Waals surface area contributed by atoms with Crippen LogP contribution in [0.15, 0.2) is 5.10 Å². The molecule has 0 spiro atoms. The minimum Gasteiger partial charge on any atom is -0.304 e. The van der Waals surface area contributed by atoms with Crippen molar-refractivity contribution in [1.29, 1.82) is 0 Å². The van der Waals surface area contributed by atoms with E-state index in [9.17, 15) is 0 Å². The smallest absolute Gasteiger partial charge is 0.0843 e. The van der Waals surface area contributed by atoms with E-state index in [0.29, 0.717) is 0 Å². The summed E-state index contributed by atoms with van der Waals surface area (Å²) >= 11 is 4.17. The van der Waals surface area contributed by atoms with E-state index in [4.69, 9.17) is 0 Å². The molecule has 0 aliphatic carbocycles. The first-order chi connectivity index (χ1) is 2.41. The monoisotopic (exact) mass is 88.0 g/mol. The van der Waals surface area contributed by atoms with Crippen molar-refractivity contribution in [3.63, 3.8) is 0 Å². The van der Waals surface area contributed by atoms with Gasteiger partial charge in [0, 0.05) is 7.05 Å². The summed E-state index contributed by atoms with van der Waals surface area (Å²) in [6.45, 7) is 0. The van der Waals surface area contributed by atoms with Crippen LogP contribution in [0.1, 0.15) is 0 Å². The van der Waals surface area contributed by atoms with Crippen LogP contribution < -0.4 is 5.43 Å². The summed E-state index contributed by atoms with van der Waals surface area (Å²) in [5, 5.41) is 5.40. The summed E-state index contributed by atoms with van der Waals surface area (Å²) in [7, 11) is 1.67. The average Bonchev–Trinajstić information content (AvgIpc) is 1.41. The first-order valence-corrected chi connectivity index (χ1v) is 1.56. The molecule has 0 atom stereocenters. The Morgan fingerprint density at radius 2 is 2.60 bits per heavy atom. The van der Waals surface area contributed by atoms with Gasteiger partial charge in [0.1, 0.15) is 0 Å². The highest BCUT2D eigenvalue weighted by Gasteiger charge is 1.41. The average molecular weight is 88.1 g/mol. The number of hydrogen-bond acceptors (Lipinski definition) is 3. The molecule has 0 radical (unpaired) electrons. The number of isothiocyanates is 1. The van der Waals surface area contributed by atoms with E-state index < -0.39 is 0 Å². The Labute approximate surface area is 35.9 Å². The fourth-order valence-electron chi connectivity index (χ4n) is 0.0456. The molecule has 1 N–H and O–H groups in total. The van der Waals surface area contributed by atoms with Crippen LogP contribution in [0, 0.1) is 0 Å². The van der Waals surface area contributed by atoms with Gasteiger partial charge in [0.05, 0.1) is 5.16 Å². The molecule has 0 aromatic heterocycles. The standard InChI is InChI=1S/C2H4N2S/c1-3-4-2-5/h3H,1H3. The zero-order valence-electron chi connectivity index (χ0n) is 2.86. The largest absolute Gasteiger partial charge is 0.304 e. The van der Waals surface area contributed by atoms with Crippen LogP contribution in [-0.4, -0.2) is 12.2 Å². The maximum absolute atomic E-state index is 4.17. The van der Waals surface area contributed by atoms with E-state index in [2.05, 4.69) is 27.9 Å². The highest BCUT2D eigenvalue weighted by Crippen LogP contribution is 1.38. The summed E-state index contributed by atoms with van der Waals surface area (Å²) in [5.74, 6) is 0. The molecule has 0 aromatic rings. The molecule has 0 fully saturated rings. The van der Waals surface area contributed by atoms with Gasteiger partial charge in [-0.3, -0.25) is 0 Å². The van der Waals surface area contributed by atoms with Gasteiger partial charge >= 0.3 is 0 Å². The quantitative estimate of drug-likeness (QED) is 0.282. The third-order valence-electron chi connectivity index (χ3n) is 0.157. The molecule has 0 heterocycles. The van der Waals surface area contributed by atoms with Crippen LogP contribution in [0.3, 0.4) is 0 Å². The third kappa shape index (κ3) is 3.60. The van der Waals surface area contributed by atoms with Crippen LogP contribution in [0.2, 0.25) is 0 Å². The Bertz CT molecular complexity index is 54.7. The van der Waals surface area contributed by atoms with Gasteiger partial charge in [-0.25, -0.2) is 0 Å². The van der Waals surface area contributed by atoms with E-state index >= 15 is 0 Å². The highest BCUT2D eigenvalue weighted by atomic mass is 32.1. The van der Waals surface area contributed by atoms with Crippen molar-refractivity contribution in [1.82, 2.24) is 5.43 Å². The van der Waals surface area contributed by atoms with Gasteiger partial charge in [0.15, 0.2) is 0 Å². The zero-order valence-corrected chi connectivity index (χ0v) is 3.67. The van der Waals surface area contributed by atoms with Crippen LogP contribution in [-0.2, 0) is 0 Å². The molecule has 0 aliphatic rings. The SMILES string of the molecule is CNN=C=S. The Hall–Kier alpha value is -0.400. The Balaban J connectivity index is 2.93. The highest BCUT2D eigenvalue weighted by molar-refractivity contribution is 7.78. The molecule has 28 valence electrons.